The summed E-state index contributed by atoms with van der Waals surface area (Å²) in [6.45, 7) is 7.65. The summed E-state index contributed by atoms with van der Waals surface area (Å²) < 4.78 is 0. The van der Waals surface area contributed by atoms with Gasteiger partial charge in [-0.1, -0.05) is 56.3 Å². The zero-order valence-electron chi connectivity index (χ0n) is 21.5. The summed E-state index contributed by atoms with van der Waals surface area (Å²) in [6, 6.07) is 11.5. The summed E-state index contributed by atoms with van der Waals surface area (Å²) >= 11 is 0. The van der Waals surface area contributed by atoms with Crippen LogP contribution in [0.25, 0.3) is 16.8 Å². The van der Waals surface area contributed by atoms with Gasteiger partial charge in [0.05, 0.1) is 12.6 Å². The first-order valence-corrected chi connectivity index (χ1v) is 12.5. The highest BCUT2D eigenvalue weighted by molar-refractivity contribution is 5.91. The maximum atomic E-state index is 12.6. The Morgan fingerprint density at radius 1 is 1.06 bits per heavy atom. The van der Waals surface area contributed by atoms with Crippen LogP contribution in [0.1, 0.15) is 64.0 Å². The number of nitrogens with zero attached hydrogens (tertiary/aromatic N) is 1. The molecule has 0 bridgehead atoms. The molecular formula is C28H36N4O4. The standard InChI is InChI=1S/C28H36N4O4/c1-18(2)23-13-12-22-11-10-21(15-24(22)16-23)7-5-9-26(34)29-17-27(35)30-19(3)28(36)32-14-6-8-25(31-32)20(4)33/h5,7,10-13,15-16,18-19,25,31H,6,8-9,14,17H2,1-4H3,(H,29,34)(H,30,35)/b7-5+/t19-,25?/m0/s1. The number of ketones is 1. The smallest absolute Gasteiger partial charge is 0.258 e. The van der Waals surface area contributed by atoms with E-state index < -0.39 is 11.9 Å². The molecule has 2 aromatic rings. The molecule has 0 aromatic heterocycles. The maximum absolute atomic E-state index is 12.6. The Hall–Kier alpha value is -3.52. The highest BCUT2D eigenvalue weighted by Crippen LogP contribution is 2.23. The Labute approximate surface area is 212 Å². The molecule has 0 spiro atoms. The second-order valence-electron chi connectivity index (χ2n) is 9.62. The van der Waals surface area contributed by atoms with E-state index in [2.05, 4.69) is 60.2 Å². The van der Waals surface area contributed by atoms with Gasteiger partial charge in [0, 0.05) is 13.0 Å². The van der Waals surface area contributed by atoms with Crippen molar-refractivity contribution in [1.29, 1.82) is 0 Å². The summed E-state index contributed by atoms with van der Waals surface area (Å²) in [5, 5.41) is 8.89. The van der Waals surface area contributed by atoms with E-state index in [4.69, 9.17) is 0 Å². The van der Waals surface area contributed by atoms with E-state index in [-0.39, 0.29) is 36.6 Å². The molecule has 8 heteroatoms. The van der Waals surface area contributed by atoms with Crippen LogP contribution in [-0.4, -0.2) is 53.7 Å². The van der Waals surface area contributed by atoms with E-state index in [1.807, 2.05) is 12.1 Å². The molecule has 2 aromatic carbocycles. The van der Waals surface area contributed by atoms with Crippen molar-refractivity contribution in [2.24, 2.45) is 0 Å². The molecule has 0 aliphatic carbocycles. The van der Waals surface area contributed by atoms with Gasteiger partial charge >= 0.3 is 0 Å². The summed E-state index contributed by atoms with van der Waals surface area (Å²) in [7, 11) is 0. The van der Waals surface area contributed by atoms with Crippen LogP contribution in [0.4, 0.5) is 0 Å². The molecule has 3 rings (SSSR count). The quantitative estimate of drug-likeness (QED) is 0.499. The molecular weight excluding hydrogens is 456 g/mol. The highest BCUT2D eigenvalue weighted by Gasteiger charge is 2.28. The number of benzene rings is 2. The van der Waals surface area contributed by atoms with Gasteiger partial charge in [-0.15, -0.1) is 0 Å². The monoisotopic (exact) mass is 492 g/mol. The van der Waals surface area contributed by atoms with Crippen LogP contribution in [0.5, 0.6) is 0 Å². The largest absolute Gasteiger partial charge is 0.347 e. The SMILES string of the molecule is CC(=O)C1CCCN(C(=O)[C@H](C)NC(=O)CNC(=O)C/C=C/c2ccc3ccc(C(C)C)cc3c2)N1. The molecule has 1 unspecified atom stereocenters. The van der Waals surface area contributed by atoms with Crippen molar-refractivity contribution in [3.8, 4) is 0 Å². The molecule has 3 N–H and O–H groups in total. The Balaban J connectivity index is 1.43. The van der Waals surface area contributed by atoms with Crippen LogP contribution >= 0.6 is 0 Å². The number of nitrogens with one attached hydrogen (secondary N) is 3. The van der Waals surface area contributed by atoms with Gasteiger partial charge in [0.15, 0.2) is 0 Å². The normalized spacial score (nSPS) is 16.8. The first-order chi connectivity index (χ1) is 17.1. The number of hydrazine groups is 1. The van der Waals surface area contributed by atoms with Crippen LogP contribution in [-0.2, 0) is 19.2 Å². The molecule has 1 aliphatic rings. The molecule has 1 aliphatic heterocycles. The number of carbonyl (C=O) groups is 4. The van der Waals surface area contributed by atoms with E-state index >= 15 is 0 Å². The third kappa shape index (κ3) is 7.49. The van der Waals surface area contributed by atoms with Crippen LogP contribution < -0.4 is 16.1 Å². The molecule has 0 saturated carbocycles. The second-order valence-corrected chi connectivity index (χ2v) is 9.62. The van der Waals surface area contributed by atoms with Gasteiger partial charge in [0.2, 0.25) is 11.8 Å². The number of hydrogen-bond acceptors (Lipinski definition) is 5. The van der Waals surface area contributed by atoms with Crippen molar-refractivity contribution in [3.05, 3.63) is 53.6 Å². The van der Waals surface area contributed by atoms with Gasteiger partial charge < -0.3 is 10.6 Å². The number of Topliss-reactive ketones (excluding diaryl/α,β-unsaturated/α-hetero) is 1. The predicted molar refractivity (Wildman–Crippen MR) is 141 cm³/mol. The Morgan fingerprint density at radius 3 is 2.53 bits per heavy atom. The summed E-state index contributed by atoms with van der Waals surface area (Å²) in [4.78, 5) is 48.6. The fourth-order valence-electron chi connectivity index (χ4n) is 4.13. The van der Waals surface area contributed by atoms with Crippen molar-refractivity contribution < 1.29 is 19.2 Å². The summed E-state index contributed by atoms with van der Waals surface area (Å²) in [5.41, 5.74) is 5.20. The van der Waals surface area contributed by atoms with E-state index in [9.17, 15) is 19.2 Å². The van der Waals surface area contributed by atoms with Crippen LogP contribution in [0.3, 0.4) is 0 Å². The predicted octanol–water partition coefficient (Wildman–Crippen LogP) is 3.07. The minimum atomic E-state index is -0.781. The van der Waals surface area contributed by atoms with Crippen LogP contribution in [0.15, 0.2) is 42.5 Å². The minimum Gasteiger partial charge on any atom is -0.347 e. The maximum Gasteiger partial charge on any atom is 0.258 e. The number of carbonyl (C=O) groups excluding carboxylic acids is 4. The van der Waals surface area contributed by atoms with Gasteiger partial charge in [0.25, 0.3) is 5.91 Å². The van der Waals surface area contributed by atoms with Gasteiger partial charge in [-0.3, -0.25) is 24.2 Å². The Morgan fingerprint density at radius 2 is 1.81 bits per heavy atom. The van der Waals surface area contributed by atoms with Crippen molar-refractivity contribution in [2.45, 2.75) is 65.0 Å². The fourth-order valence-corrected chi connectivity index (χ4v) is 4.13. The van der Waals surface area contributed by atoms with Gasteiger partial charge in [-0.25, -0.2) is 5.43 Å². The zero-order chi connectivity index (χ0) is 26.2. The molecule has 2 atom stereocenters. The summed E-state index contributed by atoms with van der Waals surface area (Å²) in [6.07, 6.45) is 5.18. The molecule has 1 fully saturated rings. The molecule has 8 nitrogen and oxygen atoms in total. The van der Waals surface area contributed by atoms with Gasteiger partial charge in [0.1, 0.15) is 11.8 Å². The van der Waals surface area contributed by atoms with Gasteiger partial charge in [-0.05, 0) is 60.6 Å². The average Bonchev–Trinajstić information content (AvgIpc) is 2.86. The topological polar surface area (TPSA) is 108 Å². The lowest BCUT2D eigenvalue weighted by molar-refractivity contribution is -0.142. The minimum absolute atomic E-state index is 0.0261. The van der Waals surface area contributed by atoms with Gasteiger partial charge in [-0.2, -0.15) is 0 Å². The number of amides is 3. The second kappa shape index (κ2) is 12.4. The fraction of sp³-hybridized carbons (Fsp3) is 0.429. The number of hydrogen-bond donors (Lipinski definition) is 3. The average molecular weight is 493 g/mol. The third-order valence-electron chi connectivity index (χ3n) is 6.31. The van der Waals surface area contributed by atoms with E-state index in [1.165, 1.54) is 22.9 Å². The highest BCUT2D eigenvalue weighted by atomic mass is 16.2. The Kier molecular flexibility index (Phi) is 9.36. The summed E-state index contributed by atoms with van der Waals surface area (Å²) in [5.74, 6) is -0.633. The molecule has 1 saturated heterocycles. The first-order valence-electron chi connectivity index (χ1n) is 12.5. The first kappa shape index (κ1) is 27.1. The Bertz CT molecular complexity index is 1160. The molecule has 36 heavy (non-hydrogen) atoms. The number of rotatable bonds is 9. The lowest BCUT2D eigenvalue weighted by Crippen LogP contribution is -2.59. The molecule has 192 valence electrons. The van der Waals surface area contributed by atoms with Crippen molar-refractivity contribution >= 4 is 40.4 Å². The van der Waals surface area contributed by atoms with Crippen molar-refractivity contribution in [2.75, 3.05) is 13.1 Å². The van der Waals surface area contributed by atoms with E-state index in [1.54, 1.807) is 13.0 Å². The van der Waals surface area contributed by atoms with Crippen molar-refractivity contribution in [3.63, 3.8) is 0 Å². The lowest BCUT2D eigenvalue weighted by Gasteiger charge is -2.34. The van der Waals surface area contributed by atoms with Crippen LogP contribution in [0.2, 0.25) is 0 Å². The number of fused-ring (bicyclic) bond motifs is 1. The molecule has 0 radical (unpaired) electrons. The third-order valence-corrected chi connectivity index (χ3v) is 6.31. The van der Waals surface area contributed by atoms with Crippen LogP contribution in [0, 0.1) is 0 Å². The lowest BCUT2D eigenvalue weighted by atomic mass is 9.98. The zero-order valence-corrected chi connectivity index (χ0v) is 21.5. The molecule has 3 amide bonds. The van der Waals surface area contributed by atoms with E-state index in [0.29, 0.717) is 25.3 Å². The van der Waals surface area contributed by atoms with Crippen molar-refractivity contribution in [1.82, 2.24) is 21.1 Å². The van der Waals surface area contributed by atoms with E-state index in [0.717, 1.165) is 10.9 Å². The molecule has 1 heterocycles.